The van der Waals surface area contributed by atoms with Crippen molar-refractivity contribution in [2.24, 2.45) is 0 Å². The maximum absolute atomic E-state index is 13.2. The van der Waals surface area contributed by atoms with Crippen LogP contribution in [0.15, 0.2) is 48.5 Å². The fraction of sp³-hybridized carbons (Fsp3) is 0.0625. The van der Waals surface area contributed by atoms with Crippen molar-refractivity contribution in [3.63, 3.8) is 0 Å². The molecule has 0 amide bonds. The fourth-order valence-corrected chi connectivity index (χ4v) is 1.71. The van der Waals surface area contributed by atoms with Crippen LogP contribution in [0.4, 0.5) is 4.39 Å². The second-order valence-electron chi connectivity index (χ2n) is 3.97. The molecule has 0 aromatic heterocycles. The molecule has 0 fully saturated rings. The molecule has 0 N–H and O–H groups in total. The number of carbonyl (C=O) groups is 1. The molecule has 2 aromatic rings. The van der Waals surface area contributed by atoms with Gasteiger partial charge in [0.15, 0.2) is 0 Å². The summed E-state index contributed by atoms with van der Waals surface area (Å²) in [6.45, 7) is 0. The van der Waals surface area contributed by atoms with Gasteiger partial charge in [-0.1, -0.05) is 48.6 Å². The summed E-state index contributed by atoms with van der Waals surface area (Å²) in [5, 5.41) is 0. The van der Waals surface area contributed by atoms with Crippen LogP contribution in [-0.4, -0.2) is 13.1 Å². The molecule has 2 rings (SSSR count). The van der Waals surface area contributed by atoms with Gasteiger partial charge < -0.3 is 4.74 Å². The van der Waals surface area contributed by atoms with Crippen LogP contribution in [0.1, 0.15) is 21.5 Å². The molecule has 2 aromatic carbocycles. The molecule has 19 heavy (non-hydrogen) atoms. The normalized spacial score (nSPS) is 10.6. The molecule has 0 atom stereocenters. The lowest BCUT2D eigenvalue weighted by Crippen LogP contribution is -2.04. The van der Waals surface area contributed by atoms with Gasteiger partial charge in [-0.15, -0.1) is 0 Å². The Balaban J connectivity index is 2.35. The summed E-state index contributed by atoms with van der Waals surface area (Å²) in [6, 6.07) is 13.7. The van der Waals surface area contributed by atoms with Crippen LogP contribution in [0.2, 0.25) is 0 Å². The standard InChI is InChI=1S/C16H13FO2/c1-19-16(18)15-11-14(17)10-9-13(15)8-7-12-5-3-2-4-6-12/h2-11H,1H3. The second-order valence-corrected chi connectivity index (χ2v) is 3.97. The van der Waals surface area contributed by atoms with E-state index in [-0.39, 0.29) is 5.56 Å². The van der Waals surface area contributed by atoms with Crippen LogP contribution < -0.4 is 0 Å². The quantitative estimate of drug-likeness (QED) is 0.617. The molecule has 0 unspecified atom stereocenters. The Morgan fingerprint density at radius 2 is 1.84 bits per heavy atom. The predicted molar refractivity (Wildman–Crippen MR) is 73.1 cm³/mol. The molecule has 2 nitrogen and oxygen atoms in total. The Hall–Kier alpha value is -2.42. The molecule has 96 valence electrons. The lowest BCUT2D eigenvalue weighted by Gasteiger charge is -2.04. The Morgan fingerprint density at radius 3 is 2.53 bits per heavy atom. The van der Waals surface area contributed by atoms with Gasteiger partial charge in [-0.2, -0.15) is 0 Å². The van der Waals surface area contributed by atoms with Gasteiger partial charge in [0.1, 0.15) is 5.82 Å². The van der Waals surface area contributed by atoms with Crippen molar-refractivity contribution >= 4 is 18.1 Å². The molecule has 0 heterocycles. The van der Waals surface area contributed by atoms with Crippen molar-refractivity contribution < 1.29 is 13.9 Å². The highest BCUT2D eigenvalue weighted by Crippen LogP contribution is 2.16. The molecule has 0 aliphatic heterocycles. The number of methoxy groups -OCH3 is 1. The first-order valence-corrected chi connectivity index (χ1v) is 5.81. The minimum atomic E-state index is -0.549. The summed E-state index contributed by atoms with van der Waals surface area (Å²) < 4.78 is 17.8. The molecule has 0 radical (unpaired) electrons. The van der Waals surface area contributed by atoms with E-state index in [2.05, 4.69) is 4.74 Å². The summed E-state index contributed by atoms with van der Waals surface area (Å²) in [7, 11) is 1.28. The van der Waals surface area contributed by atoms with Gasteiger partial charge in [-0.05, 0) is 23.3 Å². The van der Waals surface area contributed by atoms with Crippen LogP contribution in [0.5, 0.6) is 0 Å². The van der Waals surface area contributed by atoms with Gasteiger partial charge in [-0.25, -0.2) is 9.18 Å². The number of carbonyl (C=O) groups excluding carboxylic acids is 1. The van der Waals surface area contributed by atoms with E-state index in [0.717, 1.165) is 5.56 Å². The van der Waals surface area contributed by atoms with E-state index in [9.17, 15) is 9.18 Å². The van der Waals surface area contributed by atoms with E-state index in [0.29, 0.717) is 5.56 Å². The highest BCUT2D eigenvalue weighted by molar-refractivity contribution is 5.94. The van der Waals surface area contributed by atoms with Crippen molar-refractivity contribution in [3.05, 3.63) is 71.0 Å². The Bertz CT molecular complexity index is 603. The monoisotopic (exact) mass is 256 g/mol. The van der Waals surface area contributed by atoms with Gasteiger partial charge >= 0.3 is 5.97 Å². The number of esters is 1. The van der Waals surface area contributed by atoms with E-state index >= 15 is 0 Å². The maximum Gasteiger partial charge on any atom is 0.338 e. The van der Waals surface area contributed by atoms with Crippen LogP contribution in [0.25, 0.3) is 12.2 Å². The third-order valence-electron chi connectivity index (χ3n) is 2.68. The van der Waals surface area contributed by atoms with Gasteiger partial charge in [0, 0.05) is 0 Å². The Morgan fingerprint density at radius 1 is 1.11 bits per heavy atom. The second kappa shape index (κ2) is 5.96. The zero-order valence-electron chi connectivity index (χ0n) is 10.5. The van der Waals surface area contributed by atoms with Crippen molar-refractivity contribution in [2.75, 3.05) is 7.11 Å². The molecule has 0 spiro atoms. The molecule has 0 aliphatic rings. The van der Waals surface area contributed by atoms with E-state index in [1.165, 1.54) is 19.2 Å². The number of benzene rings is 2. The van der Waals surface area contributed by atoms with Crippen molar-refractivity contribution in [1.29, 1.82) is 0 Å². The molecular formula is C16H13FO2. The molecule has 0 bridgehead atoms. The van der Waals surface area contributed by atoms with Gasteiger partial charge in [-0.3, -0.25) is 0 Å². The zero-order valence-corrected chi connectivity index (χ0v) is 10.5. The van der Waals surface area contributed by atoms with Gasteiger partial charge in [0.25, 0.3) is 0 Å². The van der Waals surface area contributed by atoms with Crippen LogP contribution in [0.3, 0.4) is 0 Å². The van der Waals surface area contributed by atoms with Crippen LogP contribution in [0, 0.1) is 5.82 Å². The fourth-order valence-electron chi connectivity index (χ4n) is 1.71. The molecule has 0 saturated heterocycles. The van der Waals surface area contributed by atoms with Crippen molar-refractivity contribution in [2.45, 2.75) is 0 Å². The number of hydrogen-bond acceptors (Lipinski definition) is 2. The number of ether oxygens (including phenoxy) is 1. The first kappa shape index (κ1) is 13.0. The van der Waals surface area contributed by atoms with Gasteiger partial charge in [0.05, 0.1) is 12.7 Å². The summed E-state index contributed by atoms with van der Waals surface area (Å²) >= 11 is 0. The largest absolute Gasteiger partial charge is 0.465 e. The summed E-state index contributed by atoms with van der Waals surface area (Å²) in [6.07, 6.45) is 3.63. The SMILES string of the molecule is COC(=O)c1cc(F)ccc1C=Cc1ccccc1. The highest BCUT2D eigenvalue weighted by Gasteiger charge is 2.10. The number of halogens is 1. The van der Waals surface area contributed by atoms with Crippen molar-refractivity contribution in [3.8, 4) is 0 Å². The molecular weight excluding hydrogens is 243 g/mol. The highest BCUT2D eigenvalue weighted by atomic mass is 19.1. The summed E-state index contributed by atoms with van der Waals surface area (Å²) in [5.41, 5.74) is 1.84. The smallest absolute Gasteiger partial charge is 0.338 e. The number of hydrogen-bond donors (Lipinski definition) is 0. The zero-order chi connectivity index (χ0) is 13.7. The minimum Gasteiger partial charge on any atom is -0.465 e. The lowest BCUT2D eigenvalue weighted by molar-refractivity contribution is 0.0600. The molecule has 0 aliphatic carbocycles. The molecule has 0 saturated carbocycles. The summed E-state index contributed by atoms with van der Waals surface area (Å²) in [5.74, 6) is -1.01. The topological polar surface area (TPSA) is 26.3 Å². The third kappa shape index (κ3) is 3.28. The van der Waals surface area contributed by atoms with Gasteiger partial charge in [0.2, 0.25) is 0 Å². The Kier molecular flexibility index (Phi) is 4.08. The van der Waals surface area contributed by atoms with Crippen LogP contribution >= 0.6 is 0 Å². The first-order chi connectivity index (χ1) is 9.20. The van der Waals surface area contributed by atoms with Crippen LogP contribution in [-0.2, 0) is 4.74 Å². The lowest BCUT2D eigenvalue weighted by atomic mass is 10.1. The van der Waals surface area contributed by atoms with E-state index in [1.54, 1.807) is 12.1 Å². The number of rotatable bonds is 3. The van der Waals surface area contributed by atoms with E-state index in [4.69, 9.17) is 0 Å². The first-order valence-electron chi connectivity index (χ1n) is 5.81. The van der Waals surface area contributed by atoms with Crippen molar-refractivity contribution in [1.82, 2.24) is 0 Å². The Labute approximate surface area is 111 Å². The third-order valence-corrected chi connectivity index (χ3v) is 2.68. The maximum atomic E-state index is 13.2. The average molecular weight is 256 g/mol. The van der Waals surface area contributed by atoms with E-state index in [1.807, 2.05) is 36.4 Å². The van der Waals surface area contributed by atoms with E-state index < -0.39 is 11.8 Å². The molecule has 3 heteroatoms. The predicted octanol–water partition coefficient (Wildman–Crippen LogP) is 3.78. The minimum absolute atomic E-state index is 0.217. The summed E-state index contributed by atoms with van der Waals surface area (Å²) in [4.78, 5) is 11.6. The average Bonchev–Trinajstić information content (AvgIpc) is 2.46.